The van der Waals surface area contributed by atoms with Gasteiger partial charge in [0.05, 0.1) is 11.9 Å². The van der Waals surface area contributed by atoms with E-state index in [1.807, 2.05) is 30.3 Å². The van der Waals surface area contributed by atoms with Crippen molar-refractivity contribution in [1.29, 1.82) is 0 Å². The van der Waals surface area contributed by atoms with E-state index < -0.39 is 6.09 Å². The number of carbonyl (C=O) groups is 1. The van der Waals surface area contributed by atoms with Crippen molar-refractivity contribution < 1.29 is 14.6 Å². The second kappa shape index (κ2) is 8.44. The van der Waals surface area contributed by atoms with Gasteiger partial charge in [0.2, 0.25) is 0 Å². The van der Waals surface area contributed by atoms with Crippen LogP contribution in [0.25, 0.3) is 10.8 Å². The average molecular weight is 402 g/mol. The number of nitrogens with one attached hydrogen (secondary N) is 1. The van der Waals surface area contributed by atoms with Gasteiger partial charge in [-0.25, -0.2) is 9.78 Å². The highest BCUT2D eigenvalue weighted by molar-refractivity contribution is 5.89. The summed E-state index contributed by atoms with van der Waals surface area (Å²) >= 11 is 0. The van der Waals surface area contributed by atoms with Crippen LogP contribution < -0.4 is 15.6 Å². The van der Waals surface area contributed by atoms with Gasteiger partial charge in [0.25, 0.3) is 11.4 Å². The molecule has 0 atom stereocenters. The van der Waals surface area contributed by atoms with Crippen LogP contribution in [0.4, 0.5) is 4.79 Å². The molecular weight excluding hydrogens is 384 g/mol. The molecule has 0 aliphatic rings. The zero-order chi connectivity index (χ0) is 20.9. The minimum atomic E-state index is -0.772. The number of ether oxygens (including phenoxy) is 1. The molecule has 3 heterocycles. The van der Waals surface area contributed by atoms with Crippen LogP contribution in [-0.4, -0.2) is 25.7 Å². The fourth-order valence-corrected chi connectivity index (χ4v) is 3.00. The zero-order valence-corrected chi connectivity index (χ0v) is 15.9. The second-order valence-electron chi connectivity index (χ2n) is 6.57. The Morgan fingerprint density at radius 1 is 1.03 bits per heavy atom. The Morgan fingerprint density at radius 3 is 2.57 bits per heavy atom. The first-order valence-electron chi connectivity index (χ1n) is 9.21. The summed E-state index contributed by atoms with van der Waals surface area (Å²) in [6.07, 6.45) is 5.34. The maximum Gasteiger partial charge on any atom is 0.414 e. The van der Waals surface area contributed by atoms with E-state index in [-0.39, 0.29) is 34.5 Å². The van der Waals surface area contributed by atoms with E-state index in [0.717, 1.165) is 11.1 Å². The van der Waals surface area contributed by atoms with Crippen molar-refractivity contribution in [3.8, 4) is 11.6 Å². The Balaban J connectivity index is 1.53. The quantitative estimate of drug-likeness (QED) is 0.532. The minimum absolute atomic E-state index is 0.232. The zero-order valence-electron chi connectivity index (χ0n) is 15.9. The second-order valence-corrected chi connectivity index (χ2v) is 6.57. The standard InChI is InChI=1S/C22H18N4O4/c27-19-17-8-11-26(14-16-4-2-1-3-5-16)21(28)18(17)13-24-20(19)30-22(29)25-12-15-6-9-23-10-7-15/h1-11,13,27H,12,14H2,(H,25,29). The van der Waals surface area contributed by atoms with Crippen molar-refractivity contribution in [1.82, 2.24) is 19.9 Å². The summed E-state index contributed by atoms with van der Waals surface area (Å²) in [5.74, 6) is -0.634. The Morgan fingerprint density at radius 2 is 1.80 bits per heavy atom. The number of fused-ring (bicyclic) bond motifs is 1. The summed E-state index contributed by atoms with van der Waals surface area (Å²) in [4.78, 5) is 32.7. The Labute approximate surface area is 171 Å². The van der Waals surface area contributed by atoms with Gasteiger partial charge in [-0.3, -0.25) is 9.78 Å². The van der Waals surface area contributed by atoms with E-state index in [2.05, 4.69) is 15.3 Å². The van der Waals surface area contributed by atoms with Crippen molar-refractivity contribution in [2.24, 2.45) is 0 Å². The van der Waals surface area contributed by atoms with Crippen molar-refractivity contribution in [3.63, 3.8) is 0 Å². The number of hydrogen-bond acceptors (Lipinski definition) is 6. The van der Waals surface area contributed by atoms with Gasteiger partial charge in [-0.05, 0) is 29.3 Å². The molecular formula is C22H18N4O4. The van der Waals surface area contributed by atoms with Crippen molar-refractivity contribution in [3.05, 3.63) is 94.8 Å². The highest BCUT2D eigenvalue weighted by atomic mass is 16.6. The molecule has 8 nitrogen and oxygen atoms in total. The van der Waals surface area contributed by atoms with Crippen LogP contribution in [0.15, 0.2) is 78.1 Å². The van der Waals surface area contributed by atoms with Gasteiger partial charge >= 0.3 is 6.09 Å². The normalized spacial score (nSPS) is 10.7. The fourth-order valence-electron chi connectivity index (χ4n) is 3.00. The molecule has 30 heavy (non-hydrogen) atoms. The predicted molar refractivity (Wildman–Crippen MR) is 110 cm³/mol. The smallest absolute Gasteiger partial charge is 0.414 e. The molecule has 0 saturated carbocycles. The molecule has 150 valence electrons. The summed E-state index contributed by atoms with van der Waals surface area (Å²) < 4.78 is 6.63. The van der Waals surface area contributed by atoms with Gasteiger partial charge in [-0.15, -0.1) is 0 Å². The topological polar surface area (TPSA) is 106 Å². The van der Waals surface area contributed by atoms with E-state index in [1.54, 1.807) is 36.8 Å². The lowest BCUT2D eigenvalue weighted by atomic mass is 10.2. The molecule has 3 aromatic heterocycles. The molecule has 4 rings (SSSR count). The predicted octanol–water partition coefficient (Wildman–Crippen LogP) is 2.83. The maximum absolute atomic E-state index is 12.8. The Kier molecular flexibility index (Phi) is 5.38. The summed E-state index contributed by atoms with van der Waals surface area (Å²) in [5.41, 5.74) is 1.52. The van der Waals surface area contributed by atoms with E-state index in [1.165, 1.54) is 10.8 Å². The summed E-state index contributed by atoms with van der Waals surface area (Å²) in [6, 6.07) is 14.7. The van der Waals surface area contributed by atoms with E-state index in [9.17, 15) is 14.7 Å². The van der Waals surface area contributed by atoms with Gasteiger partial charge in [0.1, 0.15) is 0 Å². The first-order chi connectivity index (χ1) is 14.6. The Hall–Kier alpha value is -4.20. The summed E-state index contributed by atoms with van der Waals surface area (Å²) in [5, 5.41) is 13.5. The molecule has 0 bridgehead atoms. The molecule has 0 aliphatic carbocycles. The first-order valence-corrected chi connectivity index (χ1v) is 9.21. The first kappa shape index (κ1) is 19.1. The van der Waals surface area contributed by atoms with Crippen molar-refractivity contribution in [2.75, 3.05) is 0 Å². The van der Waals surface area contributed by atoms with E-state index >= 15 is 0 Å². The van der Waals surface area contributed by atoms with Gasteiger partial charge in [-0.1, -0.05) is 30.3 Å². The van der Waals surface area contributed by atoms with Crippen LogP contribution in [0.3, 0.4) is 0 Å². The third-order valence-electron chi connectivity index (χ3n) is 4.54. The lowest BCUT2D eigenvalue weighted by Crippen LogP contribution is -2.26. The molecule has 8 heteroatoms. The van der Waals surface area contributed by atoms with Gasteiger partial charge < -0.3 is 19.7 Å². The highest BCUT2D eigenvalue weighted by Crippen LogP contribution is 2.30. The van der Waals surface area contributed by atoms with E-state index in [0.29, 0.717) is 6.54 Å². The number of nitrogens with zero attached hydrogens (tertiary/aromatic N) is 3. The summed E-state index contributed by atoms with van der Waals surface area (Å²) in [7, 11) is 0. The lowest BCUT2D eigenvalue weighted by molar-refractivity contribution is 0.196. The molecule has 0 aliphatic heterocycles. The molecule has 0 fully saturated rings. The van der Waals surface area contributed by atoms with Gasteiger partial charge in [0.15, 0.2) is 5.75 Å². The number of amides is 1. The fraction of sp³-hybridized carbons (Fsp3) is 0.0909. The number of aromatic hydroxyl groups is 1. The third-order valence-corrected chi connectivity index (χ3v) is 4.54. The van der Waals surface area contributed by atoms with Gasteiger partial charge in [0, 0.05) is 36.7 Å². The number of pyridine rings is 3. The van der Waals surface area contributed by atoms with Crippen LogP contribution in [0.1, 0.15) is 11.1 Å². The van der Waals surface area contributed by atoms with Crippen LogP contribution in [0.5, 0.6) is 11.6 Å². The van der Waals surface area contributed by atoms with Crippen LogP contribution in [-0.2, 0) is 13.1 Å². The molecule has 1 amide bonds. The molecule has 0 spiro atoms. The van der Waals surface area contributed by atoms with E-state index in [4.69, 9.17) is 4.74 Å². The lowest BCUT2D eigenvalue weighted by Gasteiger charge is -2.11. The molecule has 0 unspecified atom stereocenters. The number of rotatable bonds is 5. The van der Waals surface area contributed by atoms with Crippen LogP contribution >= 0.6 is 0 Å². The summed E-state index contributed by atoms with van der Waals surface area (Å²) in [6.45, 7) is 0.631. The third kappa shape index (κ3) is 4.12. The molecule has 0 saturated heterocycles. The number of aromatic nitrogens is 3. The van der Waals surface area contributed by atoms with Crippen molar-refractivity contribution in [2.45, 2.75) is 13.1 Å². The molecule has 1 aromatic carbocycles. The number of benzene rings is 1. The molecule has 0 radical (unpaired) electrons. The number of carbonyl (C=O) groups excluding carboxylic acids is 1. The monoisotopic (exact) mass is 402 g/mol. The highest BCUT2D eigenvalue weighted by Gasteiger charge is 2.16. The SMILES string of the molecule is O=C(NCc1ccncc1)Oc1ncc2c(=O)n(Cc3ccccc3)ccc2c1O. The Bertz CT molecular complexity index is 1240. The average Bonchev–Trinajstić information content (AvgIpc) is 2.78. The van der Waals surface area contributed by atoms with Crippen LogP contribution in [0.2, 0.25) is 0 Å². The van der Waals surface area contributed by atoms with Crippen LogP contribution in [0, 0.1) is 0 Å². The minimum Gasteiger partial charge on any atom is -0.503 e. The largest absolute Gasteiger partial charge is 0.503 e. The molecule has 4 aromatic rings. The van der Waals surface area contributed by atoms with Gasteiger partial charge in [-0.2, -0.15) is 0 Å². The molecule has 2 N–H and O–H groups in total. The number of hydrogen-bond donors (Lipinski definition) is 2. The van der Waals surface area contributed by atoms with Crippen molar-refractivity contribution >= 4 is 16.9 Å². The maximum atomic E-state index is 12.8.